The standard InChI is InChI=1S/C14H33N2O2.BF4/c1-6-16(7-2,10-9-15(4)5)11-12-18-14-13-17-8-3;2-1(3,4)5/h6-14H2,1-5H3;/q+1;-1. The third-order valence-corrected chi connectivity index (χ3v) is 3.65. The van der Waals surface area contributed by atoms with Crippen molar-refractivity contribution in [1.82, 2.24) is 4.90 Å². The summed E-state index contributed by atoms with van der Waals surface area (Å²) >= 11 is 0. The van der Waals surface area contributed by atoms with Gasteiger partial charge in [-0.05, 0) is 34.9 Å². The molecule has 0 bridgehead atoms. The average molecular weight is 348 g/mol. The van der Waals surface area contributed by atoms with Gasteiger partial charge in [0.05, 0.1) is 39.5 Å². The molecule has 0 unspecified atom stereocenters. The largest absolute Gasteiger partial charge is 0.673 e. The van der Waals surface area contributed by atoms with Crippen LogP contribution in [0.2, 0.25) is 0 Å². The zero-order valence-corrected chi connectivity index (χ0v) is 15.2. The van der Waals surface area contributed by atoms with Crippen molar-refractivity contribution in [2.45, 2.75) is 20.8 Å². The lowest BCUT2D eigenvalue weighted by atomic mass is 10.3. The Morgan fingerprint density at radius 2 is 1.30 bits per heavy atom. The Bertz CT molecular complexity index is 260. The average Bonchev–Trinajstić information content (AvgIpc) is 2.44. The molecule has 0 fully saturated rings. The van der Waals surface area contributed by atoms with Crippen LogP contribution in [0.25, 0.3) is 0 Å². The maximum Gasteiger partial charge on any atom is 0.673 e. The van der Waals surface area contributed by atoms with Gasteiger partial charge in [0.1, 0.15) is 6.54 Å². The van der Waals surface area contributed by atoms with E-state index in [-0.39, 0.29) is 0 Å². The number of quaternary nitrogens is 1. The highest BCUT2D eigenvalue weighted by Gasteiger charge is 2.22. The van der Waals surface area contributed by atoms with E-state index < -0.39 is 7.25 Å². The van der Waals surface area contributed by atoms with Gasteiger partial charge in [-0.25, -0.2) is 0 Å². The molecule has 0 spiro atoms. The number of ether oxygens (including phenoxy) is 2. The van der Waals surface area contributed by atoms with Crippen LogP contribution in [0.5, 0.6) is 0 Å². The van der Waals surface area contributed by atoms with Crippen LogP contribution in [0.3, 0.4) is 0 Å². The van der Waals surface area contributed by atoms with Gasteiger partial charge in [-0.1, -0.05) is 0 Å². The summed E-state index contributed by atoms with van der Waals surface area (Å²) in [4.78, 5) is 2.26. The van der Waals surface area contributed by atoms with Gasteiger partial charge < -0.3 is 36.1 Å². The fraction of sp³-hybridized carbons (Fsp3) is 1.00. The van der Waals surface area contributed by atoms with E-state index in [1.165, 1.54) is 19.6 Å². The van der Waals surface area contributed by atoms with E-state index in [0.717, 1.165) is 37.4 Å². The number of hydrogen-bond acceptors (Lipinski definition) is 3. The highest BCUT2D eigenvalue weighted by Crippen LogP contribution is 2.07. The Morgan fingerprint density at radius 3 is 1.70 bits per heavy atom. The number of nitrogens with zero attached hydrogens (tertiary/aromatic N) is 2. The second-order valence-corrected chi connectivity index (χ2v) is 5.53. The van der Waals surface area contributed by atoms with Gasteiger partial charge in [0.2, 0.25) is 0 Å². The molecule has 0 amide bonds. The van der Waals surface area contributed by atoms with Crippen molar-refractivity contribution in [3.05, 3.63) is 0 Å². The van der Waals surface area contributed by atoms with Crippen LogP contribution in [0.15, 0.2) is 0 Å². The van der Waals surface area contributed by atoms with Gasteiger partial charge in [0.15, 0.2) is 0 Å². The van der Waals surface area contributed by atoms with Crippen molar-refractivity contribution in [3.8, 4) is 0 Å². The molecule has 0 rings (SSSR count). The van der Waals surface area contributed by atoms with Crippen molar-refractivity contribution in [2.75, 3.05) is 73.2 Å². The van der Waals surface area contributed by atoms with Gasteiger partial charge >= 0.3 is 7.25 Å². The third kappa shape index (κ3) is 19.6. The minimum Gasteiger partial charge on any atom is -0.418 e. The maximum atomic E-state index is 9.75. The fourth-order valence-corrected chi connectivity index (χ4v) is 2.00. The molecule has 0 aliphatic carbocycles. The van der Waals surface area contributed by atoms with E-state index in [1.807, 2.05) is 6.92 Å². The van der Waals surface area contributed by atoms with Crippen molar-refractivity contribution < 1.29 is 31.2 Å². The molecule has 0 aliphatic heterocycles. The van der Waals surface area contributed by atoms with Crippen molar-refractivity contribution in [2.24, 2.45) is 0 Å². The van der Waals surface area contributed by atoms with E-state index >= 15 is 0 Å². The molecule has 23 heavy (non-hydrogen) atoms. The van der Waals surface area contributed by atoms with E-state index in [0.29, 0.717) is 6.61 Å². The molecule has 9 heteroatoms. The number of likely N-dealkylation sites (N-methyl/N-ethyl adjacent to an activating group) is 2. The Labute approximate surface area is 138 Å². The normalized spacial score (nSPS) is 12.3. The topological polar surface area (TPSA) is 21.7 Å². The quantitative estimate of drug-likeness (QED) is 0.234. The summed E-state index contributed by atoms with van der Waals surface area (Å²) in [5.41, 5.74) is 0. The lowest BCUT2D eigenvalue weighted by Gasteiger charge is -2.37. The van der Waals surface area contributed by atoms with Crippen LogP contribution < -0.4 is 0 Å². The number of hydrogen-bond donors (Lipinski definition) is 0. The highest BCUT2D eigenvalue weighted by atomic mass is 19.5. The molecular weight excluding hydrogens is 315 g/mol. The molecule has 0 aromatic heterocycles. The van der Waals surface area contributed by atoms with Crippen LogP contribution in [0.1, 0.15) is 20.8 Å². The van der Waals surface area contributed by atoms with Crippen LogP contribution in [0, 0.1) is 0 Å². The Balaban J connectivity index is 0. The summed E-state index contributed by atoms with van der Waals surface area (Å²) in [5.74, 6) is 0. The first kappa shape index (κ1) is 24.9. The van der Waals surface area contributed by atoms with Crippen LogP contribution >= 0.6 is 0 Å². The number of rotatable bonds is 12. The molecule has 0 radical (unpaired) electrons. The third-order valence-electron chi connectivity index (χ3n) is 3.65. The van der Waals surface area contributed by atoms with Crippen molar-refractivity contribution in [3.63, 3.8) is 0 Å². The zero-order valence-electron chi connectivity index (χ0n) is 15.2. The molecule has 0 N–H and O–H groups in total. The molecule has 0 aromatic rings. The smallest absolute Gasteiger partial charge is 0.418 e. The van der Waals surface area contributed by atoms with Gasteiger partial charge in [0.25, 0.3) is 0 Å². The minimum atomic E-state index is -6.00. The van der Waals surface area contributed by atoms with E-state index in [9.17, 15) is 17.3 Å². The minimum absolute atomic E-state index is 0.715. The van der Waals surface area contributed by atoms with E-state index in [1.54, 1.807) is 0 Å². The van der Waals surface area contributed by atoms with Gasteiger partial charge in [-0.3, -0.25) is 0 Å². The van der Waals surface area contributed by atoms with Gasteiger partial charge in [-0.15, -0.1) is 0 Å². The second-order valence-electron chi connectivity index (χ2n) is 5.53. The highest BCUT2D eigenvalue weighted by molar-refractivity contribution is 6.50. The molecule has 0 aromatic carbocycles. The van der Waals surface area contributed by atoms with Crippen LogP contribution in [-0.4, -0.2) is 89.9 Å². The second kappa shape index (κ2) is 14.0. The molecule has 0 aliphatic rings. The van der Waals surface area contributed by atoms with Gasteiger partial charge in [-0.2, -0.15) is 0 Å². The molecular formula is C14H33BF4N2O2. The molecule has 0 saturated heterocycles. The molecule has 142 valence electrons. The summed E-state index contributed by atoms with van der Waals surface area (Å²) in [7, 11) is -1.73. The van der Waals surface area contributed by atoms with Crippen molar-refractivity contribution >= 4 is 7.25 Å². The summed E-state index contributed by atoms with van der Waals surface area (Å²) < 4.78 is 51.1. The summed E-state index contributed by atoms with van der Waals surface area (Å²) in [6, 6.07) is 0. The SMILES string of the molecule is CCOCCOCC[N+](CC)(CC)CCN(C)C.F[B-](F)(F)F. The first-order valence-corrected chi connectivity index (χ1v) is 8.12. The Kier molecular flexibility index (Phi) is 15.1. The summed E-state index contributed by atoms with van der Waals surface area (Å²) in [6.45, 7) is 15.4. The Hall–Kier alpha value is -0.375. The number of halogens is 4. The zero-order chi connectivity index (χ0) is 18.4. The molecule has 0 saturated carbocycles. The van der Waals surface area contributed by atoms with Crippen LogP contribution in [0.4, 0.5) is 17.3 Å². The molecule has 4 nitrogen and oxygen atoms in total. The summed E-state index contributed by atoms with van der Waals surface area (Å²) in [6.07, 6.45) is 0. The lowest BCUT2D eigenvalue weighted by molar-refractivity contribution is -0.924. The fourth-order valence-electron chi connectivity index (χ4n) is 2.00. The first-order valence-electron chi connectivity index (χ1n) is 8.12. The molecule has 0 heterocycles. The molecule has 0 atom stereocenters. The predicted octanol–water partition coefficient (Wildman–Crippen LogP) is 2.76. The van der Waals surface area contributed by atoms with E-state index in [2.05, 4.69) is 32.8 Å². The van der Waals surface area contributed by atoms with Crippen molar-refractivity contribution in [1.29, 1.82) is 0 Å². The lowest BCUT2D eigenvalue weighted by Crippen LogP contribution is -2.52. The Morgan fingerprint density at radius 1 is 0.826 bits per heavy atom. The monoisotopic (exact) mass is 348 g/mol. The summed E-state index contributed by atoms with van der Waals surface area (Å²) in [5, 5.41) is 0. The van der Waals surface area contributed by atoms with E-state index in [4.69, 9.17) is 9.47 Å². The van der Waals surface area contributed by atoms with Gasteiger partial charge in [0, 0.05) is 13.2 Å². The van der Waals surface area contributed by atoms with Crippen LogP contribution in [-0.2, 0) is 9.47 Å². The first-order chi connectivity index (χ1) is 10.6. The maximum absolute atomic E-state index is 9.75. The predicted molar refractivity (Wildman–Crippen MR) is 87.1 cm³/mol.